The van der Waals surface area contributed by atoms with E-state index in [0.29, 0.717) is 6.07 Å². The molecule has 0 saturated heterocycles. The van der Waals surface area contributed by atoms with Gasteiger partial charge in [-0.2, -0.15) is 26.3 Å². The summed E-state index contributed by atoms with van der Waals surface area (Å²) >= 11 is 0. The molecule has 0 fully saturated rings. The number of rotatable bonds is 3. The fourth-order valence-electron chi connectivity index (χ4n) is 1.18. The molecule has 0 heterocycles. The Morgan fingerprint density at radius 3 is 2.11 bits per heavy atom. The molecule has 0 aromatic heterocycles. The summed E-state index contributed by atoms with van der Waals surface area (Å²) in [6.07, 6.45) is -9.58. The number of ether oxygens (including phenoxy) is 1. The number of alkyl halides is 6. The van der Waals surface area contributed by atoms with E-state index in [2.05, 4.69) is 4.74 Å². The highest BCUT2D eigenvalue weighted by Crippen LogP contribution is 2.37. The van der Waals surface area contributed by atoms with Crippen LogP contribution < -0.4 is 4.74 Å². The Morgan fingerprint density at radius 1 is 1.06 bits per heavy atom. The van der Waals surface area contributed by atoms with Crippen LogP contribution in [0.1, 0.15) is 11.1 Å². The van der Waals surface area contributed by atoms with Crippen molar-refractivity contribution in [3.63, 3.8) is 0 Å². The van der Waals surface area contributed by atoms with E-state index >= 15 is 0 Å². The van der Waals surface area contributed by atoms with Crippen molar-refractivity contribution in [1.82, 2.24) is 0 Å². The maximum Gasteiger partial charge on any atom is 0.422 e. The van der Waals surface area contributed by atoms with Gasteiger partial charge in [-0.05, 0) is 17.7 Å². The van der Waals surface area contributed by atoms with Crippen molar-refractivity contribution < 1.29 is 36.2 Å². The summed E-state index contributed by atoms with van der Waals surface area (Å²) in [5, 5.41) is 8.69. The van der Waals surface area contributed by atoms with Crippen molar-refractivity contribution in [3.8, 4) is 5.75 Å². The second kappa shape index (κ2) is 5.05. The fraction of sp³-hybridized carbons (Fsp3) is 0.400. The summed E-state index contributed by atoms with van der Waals surface area (Å²) in [5.41, 5.74) is -1.42. The lowest BCUT2D eigenvalue weighted by atomic mass is 10.1. The van der Waals surface area contributed by atoms with Gasteiger partial charge in [0.05, 0.1) is 12.2 Å². The summed E-state index contributed by atoms with van der Waals surface area (Å²) in [6, 6.07) is 2.35. The van der Waals surface area contributed by atoms with Gasteiger partial charge in [-0.25, -0.2) is 0 Å². The fourth-order valence-corrected chi connectivity index (χ4v) is 1.18. The van der Waals surface area contributed by atoms with Gasteiger partial charge in [0.2, 0.25) is 0 Å². The minimum atomic E-state index is -4.86. The molecule has 0 atom stereocenters. The van der Waals surface area contributed by atoms with Gasteiger partial charge in [0.1, 0.15) is 5.75 Å². The highest BCUT2D eigenvalue weighted by atomic mass is 19.4. The van der Waals surface area contributed by atoms with Crippen LogP contribution in [-0.4, -0.2) is 17.9 Å². The van der Waals surface area contributed by atoms with E-state index in [4.69, 9.17) is 5.11 Å². The van der Waals surface area contributed by atoms with Crippen LogP contribution in [0.15, 0.2) is 18.2 Å². The molecule has 8 heteroatoms. The number of hydrogen-bond acceptors (Lipinski definition) is 2. The van der Waals surface area contributed by atoms with Crippen LogP contribution in [0.5, 0.6) is 5.75 Å². The first kappa shape index (κ1) is 14.6. The van der Waals surface area contributed by atoms with Crippen molar-refractivity contribution in [2.75, 3.05) is 6.61 Å². The number of aliphatic hydroxyl groups is 1. The van der Waals surface area contributed by atoms with Crippen LogP contribution in [0, 0.1) is 0 Å². The molecule has 1 aromatic carbocycles. The zero-order valence-corrected chi connectivity index (χ0v) is 8.77. The Bertz CT molecular complexity index is 410. The predicted octanol–water partition coefficient (Wildman–Crippen LogP) is 3.14. The van der Waals surface area contributed by atoms with E-state index in [1.165, 1.54) is 0 Å². The quantitative estimate of drug-likeness (QED) is 0.858. The Balaban J connectivity index is 3.03. The molecule has 0 saturated carbocycles. The van der Waals surface area contributed by atoms with Crippen molar-refractivity contribution in [2.24, 2.45) is 0 Å². The molecule has 0 radical (unpaired) electrons. The van der Waals surface area contributed by atoms with Gasteiger partial charge < -0.3 is 9.84 Å². The Labute approximate surface area is 97.8 Å². The number of halogens is 6. The predicted molar refractivity (Wildman–Crippen MR) is 48.9 cm³/mol. The van der Waals surface area contributed by atoms with Gasteiger partial charge in [0, 0.05) is 0 Å². The lowest BCUT2D eigenvalue weighted by Gasteiger charge is -2.15. The van der Waals surface area contributed by atoms with Crippen LogP contribution in [0.2, 0.25) is 0 Å². The summed E-state index contributed by atoms with van der Waals surface area (Å²) in [7, 11) is 0. The van der Waals surface area contributed by atoms with E-state index in [0.717, 1.165) is 12.1 Å². The number of benzene rings is 1. The molecule has 0 aliphatic carbocycles. The summed E-state index contributed by atoms with van der Waals surface area (Å²) < 4.78 is 77.3. The molecule has 18 heavy (non-hydrogen) atoms. The van der Waals surface area contributed by atoms with Crippen molar-refractivity contribution in [1.29, 1.82) is 0 Å². The number of aliphatic hydroxyl groups excluding tert-OH is 1. The van der Waals surface area contributed by atoms with E-state index in [-0.39, 0.29) is 5.56 Å². The zero-order valence-electron chi connectivity index (χ0n) is 8.77. The Kier molecular flexibility index (Phi) is 4.10. The summed E-state index contributed by atoms with van der Waals surface area (Å²) in [6.45, 7) is -2.46. The molecule has 0 bridgehead atoms. The average molecular weight is 274 g/mol. The lowest BCUT2D eigenvalue weighted by Crippen LogP contribution is -2.21. The highest BCUT2D eigenvalue weighted by molar-refractivity contribution is 5.39. The third-order valence-electron chi connectivity index (χ3n) is 1.92. The Morgan fingerprint density at radius 2 is 1.67 bits per heavy atom. The first-order valence-corrected chi connectivity index (χ1v) is 4.64. The van der Waals surface area contributed by atoms with Gasteiger partial charge in [0.15, 0.2) is 6.61 Å². The molecule has 102 valence electrons. The van der Waals surface area contributed by atoms with Gasteiger partial charge >= 0.3 is 12.4 Å². The van der Waals surface area contributed by atoms with Crippen molar-refractivity contribution >= 4 is 0 Å². The maximum absolute atomic E-state index is 12.5. The summed E-state index contributed by atoms with van der Waals surface area (Å²) in [4.78, 5) is 0. The van der Waals surface area contributed by atoms with E-state index in [9.17, 15) is 26.3 Å². The topological polar surface area (TPSA) is 29.5 Å². The molecule has 1 aromatic rings. The molecule has 0 unspecified atom stereocenters. The number of hydrogen-bond donors (Lipinski definition) is 1. The molecule has 0 aliphatic rings. The standard InChI is InChI=1S/C10H8F6O2/c11-9(12,13)5-18-8-2-1-6(4-17)3-7(8)10(14,15)16/h1-3,17H,4-5H2. The van der Waals surface area contributed by atoms with E-state index < -0.39 is 36.9 Å². The molecule has 2 nitrogen and oxygen atoms in total. The van der Waals surface area contributed by atoms with Crippen LogP contribution in [0.3, 0.4) is 0 Å². The molecule has 1 N–H and O–H groups in total. The third kappa shape index (κ3) is 4.10. The molecular weight excluding hydrogens is 266 g/mol. The van der Waals surface area contributed by atoms with Gasteiger partial charge in [-0.3, -0.25) is 0 Å². The first-order valence-electron chi connectivity index (χ1n) is 4.64. The van der Waals surface area contributed by atoms with Gasteiger partial charge in [0.25, 0.3) is 0 Å². The molecule has 0 aliphatic heterocycles. The molecule has 0 amide bonds. The van der Waals surface area contributed by atoms with Crippen LogP contribution in [0.4, 0.5) is 26.3 Å². The van der Waals surface area contributed by atoms with Crippen molar-refractivity contribution in [2.45, 2.75) is 19.0 Å². The highest BCUT2D eigenvalue weighted by Gasteiger charge is 2.36. The minimum Gasteiger partial charge on any atom is -0.483 e. The minimum absolute atomic E-state index is 0.0679. The van der Waals surface area contributed by atoms with E-state index in [1.54, 1.807) is 0 Å². The van der Waals surface area contributed by atoms with Crippen LogP contribution in [0.25, 0.3) is 0 Å². The second-order valence-corrected chi connectivity index (χ2v) is 3.39. The molecular formula is C10H8F6O2. The van der Waals surface area contributed by atoms with Crippen LogP contribution in [-0.2, 0) is 12.8 Å². The third-order valence-corrected chi connectivity index (χ3v) is 1.92. The van der Waals surface area contributed by atoms with Gasteiger partial charge in [-0.15, -0.1) is 0 Å². The maximum atomic E-state index is 12.5. The Hall–Kier alpha value is -1.44. The zero-order chi connectivity index (χ0) is 14.0. The normalized spacial score (nSPS) is 12.6. The van der Waals surface area contributed by atoms with Crippen molar-refractivity contribution in [3.05, 3.63) is 29.3 Å². The largest absolute Gasteiger partial charge is 0.483 e. The molecule has 0 spiro atoms. The lowest BCUT2D eigenvalue weighted by molar-refractivity contribution is -0.158. The SMILES string of the molecule is OCc1ccc(OCC(F)(F)F)c(C(F)(F)F)c1. The van der Waals surface area contributed by atoms with Crippen LogP contribution >= 0.6 is 0 Å². The first-order chi connectivity index (χ1) is 8.13. The monoisotopic (exact) mass is 274 g/mol. The second-order valence-electron chi connectivity index (χ2n) is 3.39. The summed E-state index contributed by atoms with van der Waals surface area (Å²) in [5.74, 6) is -0.919. The van der Waals surface area contributed by atoms with Gasteiger partial charge in [-0.1, -0.05) is 6.07 Å². The average Bonchev–Trinajstić information content (AvgIpc) is 2.24. The molecule has 1 rings (SSSR count). The van der Waals surface area contributed by atoms with E-state index in [1.807, 2.05) is 0 Å². The smallest absolute Gasteiger partial charge is 0.422 e.